The molecule has 0 aliphatic carbocycles. The zero-order valence-electron chi connectivity index (χ0n) is 13.7. The third-order valence-corrected chi connectivity index (χ3v) is 5.24. The average molecular weight is 421 g/mol. The third-order valence-electron chi connectivity index (χ3n) is 3.70. The van der Waals surface area contributed by atoms with Gasteiger partial charge in [-0.25, -0.2) is 10.8 Å². The van der Waals surface area contributed by atoms with E-state index >= 15 is 0 Å². The average Bonchev–Trinajstić information content (AvgIpc) is 3.00. The van der Waals surface area contributed by atoms with E-state index in [1.807, 2.05) is 38.1 Å². The predicted octanol–water partition coefficient (Wildman–Crippen LogP) is 3.98. The number of nitrogens with one attached hydrogen (secondary N) is 2. The van der Waals surface area contributed by atoms with Gasteiger partial charge in [0, 0.05) is 10.2 Å². The summed E-state index contributed by atoms with van der Waals surface area (Å²) < 4.78 is 7.25. The minimum atomic E-state index is -0.230. The second-order valence-corrected chi connectivity index (χ2v) is 7.44. The van der Waals surface area contributed by atoms with Crippen molar-refractivity contribution in [3.05, 3.63) is 45.9 Å². The van der Waals surface area contributed by atoms with Crippen LogP contribution in [0.5, 0.6) is 5.75 Å². The van der Waals surface area contributed by atoms with Gasteiger partial charge in [0.05, 0.1) is 10.2 Å². The number of benzene rings is 2. The third kappa shape index (κ3) is 4.09. The number of aryl methyl sites for hydroxylation is 2. The van der Waals surface area contributed by atoms with Crippen molar-refractivity contribution in [2.75, 3.05) is 17.3 Å². The number of nitrogens with zero attached hydrogens (tertiary/aromatic N) is 1. The number of fused-ring (bicyclic) bond motifs is 1. The van der Waals surface area contributed by atoms with E-state index in [1.54, 1.807) is 6.07 Å². The first-order valence-electron chi connectivity index (χ1n) is 7.53. The molecule has 1 aromatic heterocycles. The van der Waals surface area contributed by atoms with Crippen LogP contribution in [-0.4, -0.2) is 17.5 Å². The Labute approximate surface area is 157 Å². The fourth-order valence-electron chi connectivity index (χ4n) is 2.27. The minimum absolute atomic E-state index is 0.0591. The number of carbonyl (C=O) groups excluding carboxylic acids is 1. The summed E-state index contributed by atoms with van der Waals surface area (Å²) in [6.07, 6.45) is 0. The highest BCUT2D eigenvalue weighted by Gasteiger charge is 2.11. The lowest BCUT2D eigenvalue weighted by molar-refractivity contribution is -0.118. The number of halogens is 1. The lowest BCUT2D eigenvalue weighted by Crippen LogP contribution is -2.20. The molecule has 2 aromatic carbocycles. The minimum Gasteiger partial charge on any atom is -0.484 e. The number of thiazole rings is 1. The van der Waals surface area contributed by atoms with Gasteiger partial charge in [-0.15, -0.1) is 0 Å². The molecule has 0 radical (unpaired) electrons. The fraction of sp³-hybridized carbons (Fsp3) is 0.176. The standard InChI is InChI=1S/C17H17BrN4O2S/c1-9-3-4-12(5-10(9)2)24-8-15(23)20-11-6-13(18)16-14(7-11)25-17(21-16)22-19/h3-7H,8,19H2,1-2H3,(H,20,23)(H,21,22). The molecule has 3 aromatic rings. The quantitative estimate of drug-likeness (QED) is 0.429. The number of nitrogen functional groups attached to an aromatic ring is 1. The van der Waals surface area contributed by atoms with Crippen LogP contribution in [0.25, 0.3) is 10.2 Å². The number of rotatable bonds is 5. The summed E-state index contributed by atoms with van der Waals surface area (Å²) in [7, 11) is 0. The predicted molar refractivity (Wildman–Crippen MR) is 105 cm³/mol. The molecule has 4 N–H and O–H groups in total. The molecule has 0 bridgehead atoms. The van der Waals surface area contributed by atoms with Crippen molar-refractivity contribution in [1.82, 2.24) is 4.98 Å². The number of ether oxygens (including phenoxy) is 1. The number of amides is 1. The van der Waals surface area contributed by atoms with Crippen LogP contribution in [0.4, 0.5) is 10.8 Å². The van der Waals surface area contributed by atoms with Crippen LogP contribution in [0.2, 0.25) is 0 Å². The summed E-state index contributed by atoms with van der Waals surface area (Å²) in [5.41, 5.74) is 6.30. The van der Waals surface area contributed by atoms with Gasteiger partial charge in [-0.1, -0.05) is 17.4 Å². The SMILES string of the molecule is Cc1ccc(OCC(=O)Nc2cc(Br)c3nc(NN)sc3c2)cc1C. The molecule has 3 rings (SSSR count). The second kappa shape index (κ2) is 7.38. The summed E-state index contributed by atoms with van der Waals surface area (Å²) in [4.78, 5) is 16.5. The van der Waals surface area contributed by atoms with E-state index in [0.29, 0.717) is 16.6 Å². The highest BCUT2D eigenvalue weighted by Crippen LogP contribution is 2.33. The van der Waals surface area contributed by atoms with E-state index < -0.39 is 0 Å². The first-order valence-corrected chi connectivity index (χ1v) is 9.14. The van der Waals surface area contributed by atoms with Gasteiger partial charge in [0.2, 0.25) is 0 Å². The van der Waals surface area contributed by atoms with Crippen molar-refractivity contribution < 1.29 is 9.53 Å². The maximum absolute atomic E-state index is 12.2. The van der Waals surface area contributed by atoms with E-state index in [4.69, 9.17) is 10.6 Å². The maximum Gasteiger partial charge on any atom is 0.262 e. The largest absolute Gasteiger partial charge is 0.484 e. The Morgan fingerprint density at radius 3 is 2.80 bits per heavy atom. The topological polar surface area (TPSA) is 89.3 Å². The lowest BCUT2D eigenvalue weighted by atomic mass is 10.1. The van der Waals surface area contributed by atoms with Crippen LogP contribution in [0, 0.1) is 13.8 Å². The van der Waals surface area contributed by atoms with Crippen LogP contribution in [0.3, 0.4) is 0 Å². The van der Waals surface area contributed by atoms with Crippen LogP contribution < -0.4 is 21.3 Å². The maximum atomic E-state index is 12.2. The van der Waals surface area contributed by atoms with E-state index in [2.05, 4.69) is 31.7 Å². The summed E-state index contributed by atoms with van der Waals surface area (Å²) in [6.45, 7) is 3.98. The number of nitrogens with two attached hydrogens (primary N) is 1. The molecule has 0 aliphatic heterocycles. The summed E-state index contributed by atoms with van der Waals surface area (Å²) in [6, 6.07) is 9.41. The highest BCUT2D eigenvalue weighted by atomic mass is 79.9. The first-order chi connectivity index (χ1) is 12.0. The van der Waals surface area contributed by atoms with Crippen molar-refractivity contribution in [3.8, 4) is 5.75 Å². The molecule has 0 fully saturated rings. The number of anilines is 2. The van der Waals surface area contributed by atoms with Crippen molar-refractivity contribution in [2.45, 2.75) is 13.8 Å². The van der Waals surface area contributed by atoms with Gasteiger partial charge in [0.1, 0.15) is 5.75 Å². The molecule has 0 aliphatic rings. The van der Waals surface area contributed by atoms with E-state index in [-0.39, 0.29) is 12.5 Å². The molecule has 1 heterocycles. The number of hydrazine groups is 1. The fourth-order valence-corrected chi connectivity index (χ4v) is 3.79. The molecule has 0 saturated heterocycles. The van der Waals surface area contributed by atoms with Crippen LogP contribution >= 0.6 is 27.3 Å². The molecule has 0 atom stereocenters. The normalized spacial score (nSPS) is 10.7. The Kier molecular flexibility index (Phi) is 5.22. The number of hydrogen-bond donors (Lipinski definition) is 3. The van der Waals surface area contributed by atoms with Crippen LogP contribution in [0.15, 0.2) is 34.8 Å². The number of carbonyl (C=O) groups is 1. The summed E-state index contributed by atoms with van der Waals surface area (Å²) >= 11 is 4.87. The van der Waals surface area contributed by atoms with Gasteiger partial charge < -0.3 is 10.1 Å². The molecule has 0 saturated carbocycles. The molecular formula is C17H17BrN4O2S. The molecule has 0 unspecified atom stereocenters. The Hall–Kier alpha value is -2.16. The van der Waals surface area contributed by atoms with E-state index in [9.17, 15) is 4.79 Å². The molecule has 130 valence electrons. The van der Waals surface area contributed by atoms with E-state index in [1.165, 1.54) is 16.9 Å². The molecule has 25 heavy (non-hydrogen) atoms. The summed E-state index contributed by atoms with van der Waals surface area (Å²) in [5, 5.41) is 3.44. The molecule has 1 amide bonds. The molecular weight excluding hydrogens is 404 g/mol. The number of hydrogen-bond acceptors (Lipinski definition) is 6. The summed E-state index contributed by atoms with van der Waals surface area (Å²) in [5.74, 6) is 5.84. The van der Waals surface area contributed by atoms with Gasteiger partial charge in [0.15, 0.2) is 11.7 Å². The van der Waals surface area contributed by atoms with Crippen LogP contribution in [0.1, 0.15) is 11.1 Å². The molecule has 6 nitrogen and oxygen atoms in total. The van der Waals surface area contributed by atoms with E-state index in [0.717, 1.165) is 20.3 Å². The van der Waals surface area contributed by atoms with Gasteiger partial charge in [-0.05, 0) is 65.2 Å². The van der Waals surface area contributed by atoms with Gasteiger partial charge in [-0.3, -0.25) is 10.2 Å². The molecule has 0 spiro atoms. The first kappa shape index (κ1) is 17.7. The Bertz CT molecular complexity index is 942. The Morgan fingerprint density at radius 1 is 1.28 bits per heavy atom. The zero-order chi connectivity index (χ0) is 18.0. The van der Waals surface area contributed by atoms with Gasteiger partial charge in [-0.2, -0.15) is 0 Å². The van der Waals surface area contributed by atoms with Gasteiger partial charge >= 0.3 is 0 Å². The van der Waals surface area contributed by atoms with Crippen molar-refractivity contribution in [1.29, 1.82) is 0 Å². The van der Waals surface area contributed by atoms with Crippen molar-refractivity contribution in [2.24, 2.45) is 5.84 Å². The number of aromatic nitrogens is 1. The lowest BCUT2D eigenvalue weighted by Gasteiger charge is -2.09. The molecule has 8 heteroatoms. The van der Waals surface area contributed by atoms with Crippen molar-refractivity contribution in [3.63, 3.8) is 0 Å². The van der Waals surface area contributed by atoms with Gasteiger partial charge in [0.25, 0.3) is 5.91 Å². The van der Waals surface area contributed by atoms with Crippen LogP contribution in [-0.2, 0) is 4.79 Å². The second-order valence-electron chi connectivity index (χ2n) is 5.55. The monoisotopic (exact) mass is 420 g/mol. The smallest absolute Gasteiger partial charge is 0.262 e. The highest BCUT2D eigenvalue weighted by molar-refractivity contribution is 9.10. The van der Waals surface area contributed by atoms with Crippen molar-refractivity contribution >= 4 is 54.2 Å². The Morgan fingerprint density at radius 2 is 2.08 bits per heavy atom. The Balaban J connectivity index is 1.68. The zero-order valence-corrected chi connectivity index (χ0v) is 16.1.